The van der Waals surface area contributed by atoms with Gasteiger partial charge in [-0.1, -0.05) is 15.9 Å². The van der Waals surface area contributed by atoms with Crippen LogP contribution in [-0.2, 0) is 0 Å². The summed E-state index contributed by atoms with van der Waals surface area (Å²) in [6.45, 7) is 0. The molecule has 0 aliphatic heterocycles. The smallest absolute Gasteiger partial charge is 0.0641 e. The Morgan fingerprint density at radius 3 is 2.92 bits per heavy atom. The number of hydrogen-bond donors (Lipinski definition) is 1. The van der Waals surface area contributed by atoms with Crippen molar-refractivity contribution < 1.29 is 0 Å². The first-order chi connectivity index (χ1) is 6.15. The average Bonchev–Trinajstić information content (AvgIpc) is 2.09. The average molecular weight is 351 g/mol. The van der Waals surface area contributed by atoms with Crippen LogP contribution in [0.25, 0.3) is 0 Å². The Kier molecular flexibility index (Phi) is 4.16. The molecule has 1 atom stereocenters. The Morgan fingerprint density at radius 2 is 2.31 bits per heavy atom. The van der Waals surface area contributed by atoms with Crippen molar-refractivity contribution in [1.29, 1.82) is 5.26 Å². The number of nitrogens with zero attached hydrogens (tertiary/aromatic N) is 1. The van der Waals surface area contributed by atoms with Crippen LogP contribution in [-0.4, -0.2) is 0 Å². The lowest BCUT2D eigenvalue weighted by molar-refractivity contribution is 0.744. The topological polar surface area (TPSA) is 49.8 Å². The quantitative estimate of drug-likeness (QED) is 0.833. The predicted octanol–water partition coefficient (Wildman–Crippen LogP) is 2.97. The van der Waals surface area contributed by atoms with Gasteiger partial charge in [-0.15, -0.1) is 0 Å². The maximum Gasteiger partial charge on any atom is 0.0641 e. The number of benzene rings is 1. The monoisotopic (exact) mass is 350 g/mol. The minimum atomic E-state index is -0.200. The number of nitrogens with two attached hydrogens (primary N) is 1. The molecule has 0 bridgehead atoms. The van der Waals surface area contributed by atoms with Crippen molar-refractivity contribution in [2.24, 2.45) is 5.73 Å². The molecule has 0 aromatic heterocycles. The number of rotatable bonds is 2. The number of halogens is 2. The molecule has 68 valence electrons. The highest BCUT2D eigenvalue weighted by atomic mass is 127. The zero-order valence-corrected chi connectivity index (χ0v) is 10.5. The Hall–Kier alpha value is -0.120. The molecular formula is C9H8BrIN2. The highest BCUT2D eigenvalue weighted by Gasteiger charge is 2.09. The highest BCUT2D eigenvalue weighted by molar-refractivity contribution is 14.1. The summed E-state index contributed by atoms with van der Waals surface area (Å²) in [6.07, 6.45) is 0.346. The summed E-state index contributed by atoms with van der Waals surface area (Å²) >= 11 is 5.63. The van der Waals surface area contributed by atoms with Gasteiger partial charge in [-0.05, 0) is 46.4 Å². The van der Waals surface area contributed by atoms with E-state index in [4.69, 9.17) is 11.0 Å². The van der Waals surface area contributed by atoms with E-state index in [1.165, 1.54) is 0 Å². The molecule has 0 spiro atoms. The van der Waals surface area contributed by atoms with Crippen LogP contribution in [0.1, 0.15) is 18.0 Å². The molecule has 1 aromatic carbocycles. The molecule has 1 rings (SSSR count). The van der Waals surface area contributed by atoms with Crippen LogP contribution < -0.4 is 5.73 Å². The van der Waals surface area contributed by atoms with Gasteiger partial charge in [0.05, 0.1) is 12.5 Å². The Morgan fingerprint density at radius 1 is 1.62 bits per heavy atom. The molecule has 0 radical (unpaired) electrons. The molecule has 13 heavy (non-hydrogen) atoms. The zero-order chi connectivity index (χ0) is 9.84. The second kappa shape index (κ2) is 4.94. The normalized spacial score (nSPS) is 12.2. The van der Waals surface area contributed by atoms with E-state index in [1.54, 1.807) is 0 Å². The highest BCUT2D eigenvalue weighted by Crippen LogP contribution is 2.25. The lowest BCUT2D eigenvalue weighted by Gasteiger charge is -2.10. The largest absolute Gasteiger partial charge is 0.323 e. The summed E-state index contributed by atoms with van der Waals surface area (Å²) in [5.74, 6) is 0. The van der Waals surface area contributed by atoms with E-state index in [9.17, 15) is 0 Å². The molecule has 0 amide bonds. The first-order valence-electron chi connectivity index (χ1n) is 3.72. The van der Waals surface area contributed by atoms with Gasteiger partial charge >= 0.3 is 0 Å². The Balaban J connectivity index is 3.00. The van der Waals surface area contributed by atoms with Gasteiger partial charge in [0.2, 0.25) is 0 Å². The molecule has 1 aromatic rings. The molecule has 4 heteroatoms. The van der Waals surface area contributed by atoms with E-state index in [1.807, 2.05) is 18.2 Å². The van der Waals surface area contributed by atoms with Crippen LogP contribution in [0.2, 0.25) is 0 Å². The summed E-state index contributed by atoms with van der Waals surface area (Å²) in [5.41, 5.74) is 6.81. The van der Waals surface area contributed by atoms with Crippen LogP contribution >= 0.6 is 38.5 Å². The van der Waals surface area contributed by atoms with Crippen molar-refractivity contribution in [3.05, 3.63) is 31.8 Å². The molecule has 0 saturated carbocycles. The number of nitriles is 1. The molecule has 0 fully saturated rings. The molecule has 0 saturated heterocycles. The van der Waals surface area contributed by atoms with Crippen molar-refractivity contribution in [2.45, 2.75) is 12.5 Å². The maximum atomic E-state index is 8.51. The SMILES string of the molecule is N#CCC(N)c1cc(I)ccc1Br. The summed E-state index contributed by atoms with van der Waals surface area (Å²) < 4.78 is 2.10. The van der Waals surface area contributed by atoms with Crippen molar-refractivity contribution >= 4 is 38.5 Å². The maximum absolute atomic E-state index is 8.51. The predicted molar refractivity (Wildman–Crippen MR) is 64.0 cm³/mol. The van der Waals surface area contributed by atoms with E-state index < -0.39 is 0 Å². The van der Waals surface area contributed by atoms with Crippen LogP contribution in [0.4, 0.5) is 0 Å². The Bertz CT molecular complexity index is 346. The third kappa shape index (κ3) is 2.93. The summed E-state index contributed by atoms with van der Waals surface area (Å²) in [7, 11) is 0. The molecule has 2 N–H and O–H groups in total. The fourth-order valence-electron chi connectivity index (χ4n) is 1.01. The van der Waals surface area contributed by atoms with Crippen molar-refractivity contribution in [3.8, 4) is 6.07 Å². The van der Waals surface area contributed by atoms with Crippen LogP contribution in [0.5, 0.6) is 0 Å². The summed E-state index contributed by atoms with van der Waals surface area (Å²) in [6, 6.07) is 7.80. The molecule has 0 heterocycles. The summed E-state index contributed by atoms with van der Waals surface area (Å²) in [5, 5.41) is 8.51. The van der Waals surface area contributed by atoms with E-state index in [2.05, 4.69) is 44.6 Å². The number of hydrogen-bond acceptors (Lipinski definition) is 2. The van der Waals surface area contributed by atoms with E-state index in [0.717, 1.165) is 13.6 Å². The van der Waals surface area contributed by atoms with Gasteiger partial charge in [-0.3, -0.25) is 0 Å². The van der Waals surface area contributed by atoms with Crippen molar-refractivity contribution in [1.82, 2.24) is 0 Å². The van der Waals surface area contributed by atoms with E-state index in [0.29, 0.717) is 6.42 Å². The van der Waals surface area contributed by atoms with Crippen LogP contribution in [0.3, 0.4) is 0 Å². The van der Waals surface area contributed by atoms with E-state index in [-0.39, 0.29) is 6.04 Å². The molecular weight excluding hydrogens is 343 g/mol. The first kappa shape index (κ1) is 11.0. The van der Waals surface area contributed by atoms with Crippen LogP contribution in [0, 0.1) is 14.9 Å². The van der Waals surface area contributed by atoms with Gasteiger partial charge in [0.1, 0.15) is 0 Å². The van der Waals surface area contributed by atoms with Gasteiger partial charge in [0, 0.05) is 14.1 Å². The zero-order valence-electron chi connectivity index (χ0n) is 6.80. The van der Waals surface area contributed by atoms with Gasteiger partial charge < -0.3 is 5.73 Å². The molecule has 0 aliphatic carbocycles. The lowest BCUT2D eigenvalue weighted by Crippen LogP contribution is -2.10. The second-order valence-electron chi connectivity index (χ2n) is 2.63. The summed E-state index contributed by atoms with van der Waals surface area (Å²) in [4.78, 5) is 0. The standard InChI is InChI=1S/C9H8BrIN2/c10-8-2-1-6(11)5-7(8)9(13)3-4-12/h1-2,5,9H,3,13H2. The lowest BCUT2D eigenvalue weighted by atomic mass is 10.1. The minimum Gasteiger partial charge on any atom is -0.323 e. The van der Waals surface area contributed by atoms with E-state index >= 15 is 0 Å². The third-order valence-electron chi connectivity index (χ3n) is 1.67. The minimum absolute atomic E-state index is 0.200. The first-order valence-corrected chi connectivity index (χ1v) is 5.60. The molecule has 0 aliphatic rings. The fraction of sp³-hybridized carbons (Fsp3) is 0.222. The van der Waals surface area contributed by atoms with Crippen LogP contribution in [0.15, 0.2) is 22.7 Å². The van der Waals surface area contributed by atoms with Gasteiger partial charge in [0.25, 0.3) is 0 Å². The molecule has 1 unspecified atom stereocenters. The van der Waals surface area contributed by atoms with Gasteiger partial charge in [-0.25, -0.2) is 0 Å². The van der Waals surface area contributed by atoms with Gasteiger partial charge in [-0.2, -0.15) is 5.26 Å². The van der Waals surface area contributed by atoms with Gasteiger partial charge in [0.15, 0.2) is 0 Å². The molecule has 2 nitrogen and oxygen atoms in total. The Labute approximate surface area is 99.4 Å². The second-order valence-corrected chi connectivity index (χ2v) is 4.73. The fourth-order valence-corrected chi connectivity index (χ4v) is 2.06. The van der Waals surface area contributed by atoms with Crippen molar-refractivity contribution in [2.75, 3.05) is 0 Å². The third-order valence-corrected chi connectivity index (χ3v) is 3.06. The van der Waals surface area contributed by atoms with Crippen molar-refractivity contribution in [3.63, 3.8) is 0 Å².